The van der Waals surface area contributed by atoms with Crippen LogP contribution in [0.15, 0.2) is 24.3 Å². The molecular weight excluding hydrogens is 242 g/mol. The second kappa shape index (κ2) is 5.21. The molecule has 2 aliphatic rings. The first-order valence-electron chi connectivity index (χ1n) is 6.93. The summed E-state index contributed by atoms with van der Waals surface area (Å²) >= 11 is 0. The van der Waals surface area contributed by atoms with Gasteiger partial charge in [0.05, 0.1) is 0 Å². The van der Waals surface area contributed by atoms with E-state index in [2.05, 4.69) is 4.90 Å². The number of hydrogen-bond acceptors (Lipinski definition) is 3. The van der Waals surface area contributed by atoms with Gasteiger partial charge in [0.1, 0.15) is 17.9 Å². The molecule has 1 aromatic rings. The minimum atomic E-state index is -0.934. The van der Waals surface area contributed by atoms with E-state index in [0.29, 0.717) is 12.4 Å². The first-order valence-corrected chi connectivity index (χ1v) is 6.93. The Morgan fingerprint density at radius 1 is 1.37 bits per heavy atom. The van der Waals surface area contributed by atoms with Crippen LogP contribution in [-0.2, 0) is 0 Å². The zero-order valence-electron chi connectivity index (χ0n) is 10.9. The van der Waals surface area contributed by atoms with E-state index >= 15 is 0 Å². The topological polar surface area (TPSA) is 49.8 Å². The van der Waals surface area contributed by atoms with Gasteiger partial charge in [0.2, 0.25) is 0 Å². The predicted molar refractivity (Wildman–Crippen MR) is 71.6 cm³/mol. The molecule has 1 N–H and O–H groups in total. The van der Waals surface area contributed by atoms with Crippen molar-refractivity contribution in [1.82, 2.24) is 4.90 Å². The van der Waals surface area contributed by atoms with Crippen LogP contribution in [-0.4, -0.2) is 41.7 Å². The lowest BCUT2D eigenvalue weighted by Crippen LogP contribution is -2.35. The number of fused-ring (bicyclic) bond motifs is 2. The van der Waals surface area contributed by atoms with Crippen LogP contribution in [0.5, 0.6) is 5.75 Å². The maximum absolute atomic E-state index is 11.1. The average Bonchev–Trinajstić information content (AvgIpc) is 3.01. The SMILES string of the molecule is O=C(O)c1ccccc1OCCN1CC2CCC1C2. The minimum Gasteiger partial charge on any atom is -0.491 e. The summed E-state index contributed by atoms with van der Waals surface area (Å²) in [6.07, 6.45) is 4.03. The van der Waals surface area contributed by atoms with Crippen molar-refractivity contribution in [3.8, 4) is 5.75 Å². The molecule has 19 heavy (non-hydrogen) atoms. The quantitative estimate of drug-likeness (QED) is 0.883. The highest BCUT2D eigenvalue weighted by atomic mass is 16.5. The molecule has 2 fully saturated rings. The Morgan fingerprint density at radius 3 is 2.89 bits per heavy atom. The van der Waals surface area contributed by atoms with Crippen LogP contribution in [0.3, 0.4) is 0 Å². The molecular formula is C15H19NO3. The van der Waals surface area contributed by atoms with Crippen LogP contribution in [0.2, 0.25) is 0 Å². The fourth-order valence-corrected chi connectivity index (χ4v) is 3.34. The van der Waals surface area contributed by atoms with Crippen molar-refractivity contribution in [3.05, 3.63) is 29.8 Å². The highest BCUT2D eigenvalue weighted by Gasteiger charge is 2.37. The molecule has 1 saturated carbocycles. The first kappa shape index (κ1) is 12.5. The molecule has 0 radical (unpaired) electrons. The van der Waals surface area contributed by atoms with E-state index in [4.69, 9.17) is 9.84 Å². The summed E-state index contributed by atoms with van der Waals surface area (Å²) in [5, 5.41) is 9.07. The van der Waals surface area contributed by atoms with Gasteiger partial charge in [-0.3, -0.25) is 4.90 Å². The molecule has 0 spiro atoms. The van der Waals surface area contributed by atoms with Gasteiger partial charge in [-0.1, -0.05) is 12.1 Å². The van der Waals surface area contributed by atoms with Gasteiger partial charge in [-0.15, -0.1) is 0 Å². The predicted octanol–water partition coefficient (Wildman–Crippen LogP) is 2.25. The number of piperidine rings is 1. The molecule has 0 amide bonds. The fraction of sp³-hybridized carbons (Fsp3) is 0.533. The highest BCUT2D eigenvalue weighted by Crippen LogP contribution is 2.36. The molecule has 4 nitrogen and oxygen atoms in total. The van der Waals surface area contributed by atoms with E-state index in [9.17, 15) is 4.79 Å². The molecule has 1 heterocycles. The molecule has 102 valence electrons. The lowest BCUT2D eigenvalue weighted by Gasteiger charge is -2.26. The van der Waals surface area contributed by atoms with Gasteiger partial charge in [-0.25, -0.2) is 4.79 Å². The Kier molecular flexibility index (Phi) is 3.42. The molecule has 2 atom stereocenters. The zero-order chi connectivity index (χ0) is 13.2. The van der Waals surface area contributed by atoms with Crippen molar-refractivity contribution >= 4 is 5.97 Å². The van der Waals surface area contributed by atoms with Crippen molar-refractivity contribution in [1.29, 1.82) is 0 Å². The number of benzene rings is 1. The van der Waals surface area contributed by atoms with Crippen molar-refractivity contribution in [2.24, 2.45) is 5.92 Å². The molecule has 1 aromatic carbocycles. The number of nitrogens with zero attached hydrogens (tertiary/aromatic N) is 1. The van der Waals surface area contributed by atoms with Crippen molar-refractivity contribution in [3.63, 3.8) is 0 Å². The summed E-state index contributed by atoms with van der Waals surface area (Å²) in [7, 11) is 0. The summed E-state index contributed by atoms with van der Waals surface area (Å²) in [5.74, 6) is 0.423. The number of rotatable bonds is 5. The average molecular weight is 261 g/mol. The van der Waals surface area contributed by atoms with Crippen molar-refractivity contribution in [2.75, 3.05) is 19.7 Å². The highest BCUT2D eigenvalue weighted by molar-refractivity contribution is 5.90. The number of likely N-dealkylation sites (tertiary alicyclic amines) is 1. The first-order chi connectivity index (χ1) is 9.24. The summed E-state index contributed by atoms with van der Waals surface area (Å²) in [4.78, 5) is 13.5. The number of carboxylic acids is 1. The largest absolute Gasteiger partial charge is 0.491 e. The van der Waals surface area contributed by atoms with Gasteiger partial charge in [0, 0.05) is 19.1 Å². The maximum atomic E-state index is 11.1. The summed E-state index contributed by atoms with van der Waals surface area (Å²) < 4.78 is 5.65. The molecule has 3 rings (SSSR count). The van der Waals surface area contributed by atoms with Gasteiger partial charge in [0.25, 0.3) is 0 Å². The van der Waals surface area contributed by atoms with Gasteiger partial charge < -0.3 is 9.84 Å². The summed E-state index contributed by atoms with van der Waals surface area (Å²) in [5.41, 5.74) is 0.241. The molecule has 1 aliphatic heterocycles. The maximum Gasteiger partial charge on any atom is 0.339 e. The summed E-state index contributed by atoms with van der Waals surface area (Å²) in [6, 6.07) is 7.56. The number of para-hydroxylation sites is 1. The summed E-state index contributed by atoms with van der Waals surface area (Å²) in [6.45, 7) is 2.65. The Labute approximate surface area is 113 Å². The molecule has 4 heteroatoms. The minimum absolute atomic E-state index is 0.241. The van der Waals surface area contributed by atoms with E-state index in [0.717, 1.165) is 18.5 Å². The molecule has 2 bridgehead atoms. The number of carboxylic acid groups (broad SMARTS) is 1. The Bertz CT molecular complexity index is 474. The second-order valence-electron chi connectivity index (χ2n) is 5.48. The number of hydrogen-bond donors (Lipinski definition) is 1. The van der Waals surface area contributed by atoms with Crippen LogP contribution in [0.1, 0.15) is 29.6 Å². The van der Waals surface area contributed by atoms with Gasteiger partial charge in [-0.2, -0.15) is 0 Å². The monoisotopic (exact) mass is 261 g/mol. The van der Waals surface area contributed by atoms with E-state index in [1.54, 1.807) is 24.3 Å². The number of aromatic carboxylic acids is 1. The Morgan fingerprint density at radius 2 is 2.21 bits per heavy atom. The molecule has 1 saturated heterocycles. The Balaban J connectivity index is 1.54. The lowest BCUT2D eigenvalue weighted by atomic mass is 10.1. The van der Waals surface area contributed by atoms with Crippen molar-refractivity contribution in [2.45, 2.75) is 25.3 Å². The molecule has 1 aliphatic carbocycles. The lowest BCUT2D eigenvalue weighted by molar-refractivity contribution is 0.0691. The van der Waals surface area contributed by atoms with E-state index in [1.165, 1.54) is 25.8 Å². The smallest absolute Gasteiger partial charge is 0.339 e. The van der Waals surface area contributed by atoms with Crippen molar-refractivity contribution < 1.29 is 14.6 Å². The normalized spacial score (nSPS) is 25.7. The van der Waals surface area contributed by atoms with Crippen LogP contribution in [0, 0.1) is 5.92 Å². The third kappa shape index (κ3) is 2.59. The third-order valence-corrected chi connectivity index (χ3v) is 4.28. The standard InChI is InChI=1S/C15H19NO3/c17-15(18)13-3-1-2-4-14(13)19-8-7-16-10-11-5-6-12(16)9-11/h1-4,11-12H,5-10H2,(H,17,18). The molecule has 2 unspecified atom stereocenters. The van der Waals surface area contributed by atoms with Crippen LogP contribution >= 0.6 is 0 Å². The van der Waals surface area contributed by atoms with Crippen LogP contribution < -0.4 is 4.74 Å². The van der Waals surface area contributed by atoms with E-state index < -0.39 is 5.97 Å². The zero-order valence-corrected chi connectivity index (χ0v) is 10.9. The van der Waals surface area contributed by atoms with Crippen LogP contribution in [0.25, 0.3) is 0 Å². The van der Waals surface area contributed by atoms with Gasteiger partial charge in [-0.05, 0) is 37.3 Å². The third-order valence-electron chi connectivity index (χ3n) is 4.28. The van der Waals surface area contributed by atoms with E-state index in [1.807, 2.05) is 0 Å². The Hall–Kier alpha value is -1.55. The van der Waals surface area contributed by atoms with Gasteiger partial charge >= 0.3 is 5.97 Å². The van der Waals surface area contributed by atoms with Gasteiger partial charge in [0.15, 0.2) is 0 Å². The number of ether oxygens (including phenoxy) is 1. The van der Waals surface area contributed by atoms with E-state index in [-0.39, 0.29) is 5.56 Å². The second-order valence-corrected chi connectivity index (χ2v) is 5.48. The molecule has 0 aromatic heterocycles. The van der Waals surface area contributed by atoms with Crippen LogP contribution in [0.4, 0.5) is 0 Å². The fourth-order valence-electron chi connectivity index (χ4n) is 3.34. The number of carbonyl (C=O) groups is 1.